The number of aliphatic hydroxyl groups excluding tert-OH is 1. The van der Waals surface area contributed by atoms with Crippen LogP contribution in [0.1, 0.15) is 13.3 Å². The van der Waals surface area contributed by atoms with Crippen molar-refractivity contribution >= 4 is 11.8 Å². The van der Waals surface area contributed by atoms with Gasteiger partial charge in [0.05, 0.1) is 6.10 Å². The van der Waals surface area contributed by atoms with Crippen LogP contribution < -0.4 is 4.74 Å². The summed E-state index contributed by atoms with van der Waals surface area (Å²) in [6, 6.07) is 7.98. The predicted molar refractivity (Wildman–Crippen MR) is 73.2 cm³/mol. The van der Waals surface area contributed by atoms with Gasteiger partial charge < -0.3 is 14.6 Å². The molecular formula is C14H20O3S. The minimum atomic E-state index is -0.444. The molecule has 0 saturated heterocycles. The number of fused-ring (bicyclic) bond motifs is 1. The van der Waals surface area contributed by atoms with E-state index in [2.05, 4.69) is 6.07 Å². The van der Waals surface area contributed by atoms with Crippen molar-refractivity contribution in [2.24, 2.45) is 5.92 Å². The third-order valence-corrected chi connectivity index (χ3v) is 4.42. The Labute approximate surface area is 112 Å². The summed E-state index contributed by atoms with van der Waals surface area (Å²) in [6.45, 7) is 2.72. The van der Waals surface area contributed by atoms with Crippen molar-refractivity contribution in [1.29, 1.82) is 0 Å². The lowest BCUT2D eigenvalue weighted by molar-refractivity contribution is 0.00206. The van der Waals surface area contributed by atoms with E-state index < -0.39 is 6.10 Å². The molecule has 0 amide bonds. The average molecular weight is 268 g/mol. The molecule has 0 saturated carbocycles. The first-order valence-electron chi connectivity index (χ1n) is 6.28. The van der Waals surface area contributed by atoms with E-state index in [9.17, 15) is 5.11 Å². The SMILES string of the molecule is COCCC(C)C(O)C1CSc2ccccc2O1. The lowest BCUT2D eigenvalue weighted by atomic mass is 9.97. The highest BCUT2D eigenvalue weighted by molar-refractivity contribution is 7.99. The minimum Gasteiger partial charge on any atom is -0.486 e. The van der Waals surface area contributed by atoms with Crippen molar-refractivity contribution in [2.75, 3.05) is 19.5 Å². The molecule has 3 nitrogen and oxygen atoms in total. The fourth-order valence-corrected chi connectivity index (χ4v) is 3.09. The average Bonchev–Trinajstić information content (AvgIpc) is 2.43. The number of hydrogen-bond acceptors (Lipinski definition) is 4. The van der Waals surface area contributed by atoms with E-state index >= 15 is 0 Å². The summed E-state index contributed by atoms with van der Waals surface area (Å²) in [6.07, 6.45) is 0.280. The number of hydrogen-bond donors (Lipinski definition) is 1. The molecule has 18 heavy (non-hydrogen) atoms. The normalized spacial score (nSPS) is 21.8. The smallest absolute Gasteiger partial charge is 0.134 e. The molecule has 1 aliphatic heterocycles. The molecule has 0 aromatic heterocycles. The van der Waals surface area contributed by atoms with Gasteiger partial charge in [-0.3, -0.25) is 0 Å². The maximum Gasteiger partial charge on any atom is 0.134 e. The zero-order chi connectivity index (χ0) is 13.0. The van der Waals surface area contributed by atoms with Crippen molar-refractivity contribution in [2.45, 2.75) is 30.4 Å². The fraction of sp³-hybridized carbons (Fsp3) is 0.571. The number of rotatable bonds is 5. The maximum absolute atomic E-state index is 10.3. The van der Waals surface area contributed by atoms with Crippen molar-refractivity contribution < 1.29 is 14.6 Å². The second-order valence-electron chi connectivity index (χ2n) is 4.66. The Hall–Kier alpha value is -0.710. The van der Waals surface area contributed by atoms with Gasteiger partial charge in [-0.1, -0.05) is 19.1 Å². The molecule has 1 aromatic rings. The zero-order valence-corrected chi connectivity index (χ0v) is 11.7. The lowest BCUT2D eigenvalue weighted by Gasteiger charge is -2.31. The highest BCUT2D eigenvalue weighted by Crippen LogP contribution is 2.36. The Morgan fingerprint density at radius 3 is 3.06 bits per heavy atom. The highest BCUT2D eigenvalue weighted by atomic mass is 32.2. The van der Waals surface area contributed by atoms with Gasteiger partial charge >= 0.3 is 0 Å². The topological polar surface area (TPSA) is 38.7 Å². The summed E-state index contributed by atoms with van der Waals surface area (Å²) in [5.74, 6) is 1.87. The van der Waals surface area contributed by atoms with Crippen LogP contribution in [0.2, 0.25) is 0 Å². The van der Waals surface area contributed by atoms with Gasteiger partial charge in [0.15, 0.2) is 0 Å². The number of para-hydroxylation sites is 1. The van der Waals surface area contributed by atoms with E-state index in [0.29, 0.717) is 6.61 Å². The monoisotopic (exact) mass is 268 g/mol. The molecule has 1 heterocycles. The Bertz CT molecular complexity index is 383. The molecule has 100 valence electrons. The van der Waals surface area contributed by atoms with E-state index in [-0.39, 0.29) is 12.0 Å². The summed E-state index contributed by atoms with van der Waals surface area (Å²) in [4.78, 5) is 1.16. The van der Waals surface area contributed by atoms with Crippen LogP contribution in [-0.2, 0) is 4.74 Å². The van der Waals surface area contributed by atoms with Gasteiger partial charge in [-0.05, 0) is 24.5 Å². The first kappa shape index (κ1) is 13.7. The van der Waals surface area contributed by atoms with Gasteiger partial charge in [0.1, 0.15) is 11.9 Å². The Balaban J connectivity index is 1.95. The van der Waals surface area contributed by atoms with Gasteiger partial charge in [-0.2, -0.15) is 0 Å². The number of thioether (sulfide) groups is 1. The quantitative estimate of drug-likeness (QED) is 0.891. The third-order valence-electron chi connectivity index (χ3n) is 3.27. The van der Waals surface area contributed by atoms with E-state index in [0.717, 1.165) is 22.8 Å². The maximum atomic E-state index is 10.3. The molecule has 0 spiro atoms. The second-order valence-corrected chi connectivity index (χ2v) is 5.73. The number of benzene rings is 1. The van der Waals surface area contributed by atoms with Gasteiger partial charge in [0, 0.05) is 24.4 Å². The van der Waals surface area contributed by atoms with Crippen LogP contribution in [0.3, 0.4) is 0 Å². The van der Waals surface area contributed by atoms with E-state index in [1.165, 1.54) is 0 Å². The molecule has 0 bridgehead atoms. The first-order chi connectivity index (χ1) is 8.72. The fourth-order valence-electron chi connectivity index (χ4n) is 2.05. The van der Waals surface area contributed by atoms with Gasteiger partial charge in [-0.25, -0.2) is 0 Å². The molecule has 1 N–H and O–H groups in total. The van der Waals surface area contributed by atoms with Crippen LogP contribution in [0.4, 0.5) is 0 Å². The van der Waals surface area contributed by atoms with E-state index in [4.69, 9.17) is 9.47 Å². The van der Waals surface area contributed by atoms with Crippen molar-refractivity contribution in [3.05, 3.63) is 24.3 Å². The van der Waals surface area contributed by atoms with E-state index in [1.54, 1.807) is 18.9 Å². The Morgan fingerprint density at radius 2 is 2.28 bits per heavy atom. The van der Waals surface area contributed by atoms with Gasteiger partial charge in [0.25, 0.3) is 0 Å². The van der Waals surface area contributed by atoms with Crippen molar-refractivity contribution in [3.63, 3.8) is 0 Å². The third kappa shape index (κ3) is 3.19. The van der Waals surface area contributed by atoms with Crippen molar-refractivity contribution in [1.82, 2.24) is 0 Å². The number of aliphatic hydroxyl groups is 1. The number of methoxy groups -OCH3 is 1. The second kappa shape index (κ2) is 6.45. The summed E-state index contributed by atoms with van der Waals surface area (Å²) in [5.41, 5.74) is 0. The molecule has 3 unspecified atom stereocenters. The first-order valence-corrected chi connectivity index (χ1v) is 7.26. The highest BCUT2D eigenvalue weighted by Gasteiger charge is 2.30. The zero-order valence-electron chi connectivity index (χ0n) is 10.8. The summed E-state index contributed by atoms with van der Waals surface area (Å²) >= 11 is 1.75. The molecule has 0 radical (unpaired) electrons. The minimum absolute atomic E-state index is 0.128. The van der Waals surface area contributed by atoms with Crippen LogP contribution in [0, 0.1) is 5.92 Å². The van der Waals surface area contributed by atoms with Crippen LogP contribution in [0.15, 0.2) is 29.2 Å². The van der Waals surface area contributed by atoms with Crippen LogP contribution in [0.25, 0.3) is 0 Å². The van der Waals surface area contributed by atoms with Crippen LogP contribution in [0.5, 0.6) is 5.75 Å². The predicted octanol–water partition coefficient (Wildman–Crippen LogP) is 2.57. The summed E-state index contributed by atoms with van der Waals surface area (Å²) in [7, 11) is 1.68. The molecule has 4 heteroatoms. The lowest BCUT2D eigenvalue weighted by Crippen LogP contribution is -2.40. The standard InChI is InChI=1S/C14H20O3S/c1-10(7-8-16-2)14(15)12-9-18-13-6-4-3-5-11(13)17-12/h3-6,10,12,14-15H,7-9H2,1-2H3. The molecule has 0 fully saturated rings. The molecule has 2 rings (SSSR count). The Morgan fingerprint density at radius 1 is 1.50 bits per heavy atom. The van der Waals surface area contributed by atoms with E-state index in [1.807, 2.05) is 25.1 Å². The van der Waals surface area contributed by atoms with Crippen LogP contribution in [-0.4, -0.2) is 36.8 Å². The summed E-state index contributed by atoms with van der Waals surface area (Å²) < 4.78 is 10.9. The van der Waals surface area contributed by atoms with Gasteiger partial charge in [0.2, 0.25) is 0 Å². The Kier molecular flexibility index (Phi) is 4.92. The molecule has 1 aromatic carbocycles. The number of ether oxygens (including phenoxy) is 2. The molecule has 0 aliphatic carbocycles. The molecular weight excluding hydrogens is 248 g/mol. The largest absolute Gasteiger partial charge is 0.486 e. The van der Waals surface area contributed by atoms with Crippen LogP contribution >= 0.6 is 11.8 Å². The summed E-state index contributed by atoms with van der Waals surface area (Å²) in [5, 5.41) is 10.3. The molecule has 3 atom stereocenters. The molecule has 1 aliphatic rings. The van der Waals surface area contributed by atoms with Crippen molar-refractivity contribution in [3.8, 4) is 5.75 Å². The van der Waals surface area contributed by atoms with Gasteiger partial charge in [-0.15, -0.1) is 11.8 Å².